The van der Waals surface area contributed by atoms with Crippen LogP contribution in [-0.4, -0.2) is 58.4 Å². The first-order valence-electron chi connectivity index (χ1n) is 6.14. The zero-order valence-corrected chi connectivity index (χ0v) is 13.0. The Balaban J connectivity index is 0.00000289. The van der Waals surface area contributed by atoms with Gasteiger partial charge in [0.2, 0.25) is 10.0 Å². The number of nitrogens with zero attached hydrogens (tertiary/aromatic N) is 1. The second-order valence-electron chi connectivity index (χ2n) is 4.71. The van der Waals surface area contributed by atoms with Gasteiger partial charge >= 0.3 is 0 Å². The Morgan fingerprint density at radius 2 is 1.94 bits per heavy atom. The third-order valence-electron chi connectivity index (χ3n) is 3.34. The molecule has 7 heteroatoms. The first-order valence-corrected chi connectivity index (χ1v) is 7.65. The van der Waals surface area contributed by atoms with Gasteiger partial charge in [-0.25, -0.2) is 12.7 Å². The van der Waals surface area contributed by atoms with E-state index in [9.17, 15) is 8.42 Å². The number of ether oxygens (including phenoxy) is 1. The molecule has 0 aromatic rings. The Hall–Kier alpha value is 0.120. The normalized spacial score (nSPS) is 20.4. The van der Waals surface area contributed by atoms with E-state index in [1.807, 2.05) is 7.05 Å². The lowest BCUT2D eigenvalue weighted by atomic mass is 9.98. The fraction of sp³-hybridized carbons (Fsp3) is 1.00. The number of methoxy groups -OCH3 is 1. The lowest BCUT2D eigenvalue weighted by molar-refractivity contribution is 0.195. The molecule has 1 unspecified atom stereocenters. The zero-order valence-electron chi connectivity index (χ0n) is 11.4. The van der Waals surface area contributed by atoms with E-state index in [1.54, 1.807) is 11.2 Å². The molecular formula is C11H25ClN2O3S. The van der Waals surface area contributed by atoms with Gasteiger partial charge in [-0.05, 0) is 39.3 Å². The van der Waals surface area contributed by atoms with Crippen molar-refractivity contribution in [1.29, 1.82) is 0 Å². The highest BCUT2D eigenvalue weighted by molar-refractivity contribution is 7.89. The van der Waals surface area contributed by atoms with Gasteiger partial charge in [0.25, 0.3) is 0 Å². The highest BCUT2D eigenvalue weighted by atomic mass is 35.5. The van der Waals surface area contributed by atoms with Crippen molar-refractivity contribution in [2.75, 3.05) is 40.4 Å². The monoisotopic (exact) mass is 300 g/mol. The minimum atomic E-state index is -3.17. The highest BCUT2D eigenvalue weighted by Crippen LogP contribution is 2.21. The topological polar surface area (TPSA) is 58.6 Å². The fourth-order valence-corrected chi connectivity index (χ4v) is 3.77. The van der Waals surface area contributed by atoms with Gasteiger partial charge in [-0.1, -0.05) is 0 Å². The third kappa shape index (κ3) is 4.66. The van der Waals surface area contributed by atoms with E-state index in [2.05, 4.69) is 5.32 Å². The van der Waals surface area contributed by atoms with Crippen LogP contribution in [-0.2, 0) is 14.8 Å². The van der Waals surface area contributed by atoms with Crippen LogP contribution in [0.2, 0.25) is 0 Å². The van der Waals surface area contributed by atoms with Crippen LogP contribution < -0.4 is 5.32 Å². The maximum atomic E-state index is 12.2. The van der Waals surface area contributed by atoms with Crippen LogP contribution in [0.25, 0.3) is 0 Å². The summed E-state index contributed by atoms with van der Waals surface area (Å²) in [5.74, 6) is 0.601. The number of rotatable bonds is 6. The average molecular weight is 301 g/mol. The Labute approximate surface area is 117 Å². The van der Waals surface area contributed by atoms with Gasteiger partial charge in [0.1, 0.15) is 0 Å². The Morgan fingerprint density at radius 3 is 2.39 bits per heavy atom. The van der Waals surface area contributed by atoms with Crippen molar-refractivity contribution in [2.24, 2.45) is 5.92 Å². The molecule has 1 rings (SSSR count). The smallest absolute Gasteiger partial charge is 0.218 e. The quantitative estimate of drug-likeness (QED) is 0.785. The van der Waals surface area contributed by atoms with Gasteiger partial charge in [-0.3, -0.25) is 0 Å². The number of piperidine rings is 1. The summed E-state index contributed by atoms with van der Waals surface area (Å²) in [5.41, 5.74) is 0. The van der Waals surface area contributed by atoms with E-state index in [-0.39, 0.29) is 19.0 Å². The molecule has 0 spiro atoms. The lowest BCUT2D eigenvalue weighted by Crippen LogP contribution is -2.44. The van der Waals surface area contributed by atoms with Crippen LogP contribution in [0.3, 0.4) is 0 Å². The van der Waals surface area contributed by atoms with Crippen molar-refractivity contribution in [2.45, 2.75) is 25.0 Å². The highest BCUT2D eigenvalue weighted by Gasteiger charge is 2.31. The molecule has 5 nitrogen and oxygen atoms in total. The molecular weight excluding hydrogens is 276 g/mol. The molecule has 0 radical (unpaired) electrons. The van der Waals surface area contributed by atoms with Gasteiger partial charge in [-0.15, -0.1) is 12.4 Å². The van der Waals surface area contributed by atoms with Gasteiger partial charge in [0.05, 0.1) is 11.9 Å². The Bertz CT molecular complexity index is 316. The molecule has 18 heavy (non-hydrogen) atoms. The Kier molecular flexibility index (Phi) is 8.38. The van der Waals surface area contributed by atoms with Gasteiger partial charge < -0.3 is 10.1 Å². The SMILES string of the molecule is CNCC1CCN(S(=O)(=O)C(C)COC)CC1.Cl. The van der Waals surface area contributed by atoms with Crippen molar-refractivity contribution in [3.8, 4) is 0 Å². The minimum Gasteiger partial charge on any atom is -0.383 e. The third-order valence-corrected chi connectivity index (χ3v) is 5.57. The van der Waals surface area contributed by atoms with Crippen molar-refractivity contribution in [3.63, 3.8) is 0 Å². The molecule has 1 saturated heterocycles. The largest absolute Gasteiger partial charge is 0.383 e. The summed E-state index contributed by atoms with van der Waals surface area (Å²) in [6.45, 7) is 4.23. The molecule has 110 valence electrons. The first kappa shape index (κ1) is 18.1. The van der Waals surface area contributed by atoms with Gasteiger partial charge in [0, 0.05) is 20.2 Å². The number of hydrogen-bond acceptors (Lipinski definition) is 4. The van der Waals surface area contributed by atoms with Crippen LogP contribution in [0, 0.1) is 5.92 Å². The van der Waals surface area contributed by atoms with Gasteiger partial charge in [0.15, 0.2) is 0 Å². The molecule has 1 atom stereocenters. The molecule has 0 aromatic heterocycles. The van der Waals surface area contributed by atoms with E-state index in [1.165, 1.54) is 7.11 Å². The van der Waals surface area contributed by atoms with Crippen LogP contribution in [0.1, 0.15) is 19.8 Å². The number of hydrogen-bond donors (Lipinski definition) is 1. The maximum Gasteiger partial charge on any atom is 0.218 e. The summed E-state index contributed by atoms with van der Waals surface area (Å²) in [5, 5.41) is 2.70. The predicted molar refractivity (Wildman–Crippen MR) is 75.7 cm³/mol. The van der Waals surface area contributed by atoms with Crippen molar-refractivity contribution < 1.29 is 13.2 Å². The van der Waals surface area contributed by atoms with E-state index < -0.39 is 15.3 Å². The van der Waals surface area contributed by atoms with Crippen molar-refractivity contribution in [1.82, 2.24) is 9.62 Å². The molecule has 1 aliphatic heterocycles. The molecule has 0 aromatic carbocycles. The summed E-state index contributed by atoms with van der Waals surface area (Å²) >= 11 is 0. The summed E-state index contributed by atoms with van der Waals surface area (Å²) < 4.78 is 30.9. The lowest BCUT2D eigenvalue weighted by Gasteiger charge is -2.32. The summed E-state index contributed by atoms with van der Waals surface area (Å²) in [7, 11) is 0.293. The summed E-state index contributed by atoms with van der Waals surface area (Å²) in [6, 6.07) is 0. The second kappa shape index (κ2) is 8.32. The van der Waals surface area contributed by atoms with E-state index >= 15 is 0 Å². The molecule has 0 aliphatic carbocycles. The predicted octanol–water partition coefficient (Wildman–Crippen LogP) is 0.704. The average Bonchev–Trinajstić information content (AvgIpc) is 2.30. The van der Waals surface area contributed by atoms with Crippen molar-refractivity contribution >= 4 is 22.4 Å². The van der Waals surface area contributed by atoms with Crippen LogP contribution in [0.4, 0.5) is 0 Å². The minimum absolute atomic E-state index is 0. The molecule has 0 saturated carbocycles. The molecule has 0 amide bonds. The standard InChI is InChI=1S/C11H24N2O3S.ClH/c1-10(9-16-3)17(14,15)13-6-4-11(5-7-13)8-12-2;/h10-12H,4-9H2,1-3H3;1H. The second-order valence-corrected chi connectivity index (χ2v) is 7.06. The Morgan fingerprint density at radius 1 is 1.39 bits per heavy atom. The number of sulfonamides is 1. The van der Waals surface area contributed by atoms with E-state index in [0.29, 0.717) is 19.0 Å². The van der Waals surface area contributed by atoms with Crippen LogP contribution in [0.5, 0.6) is 0 Å². The molecule has 1 aliphatic rings. The van der Waals surface area contributed by atoms with E-state index in [0.717, 1.165) is 19.4 Å². The molecule has 0 bridgehead atoms. The van der Waals surface area contributed by atoms with E-state index in [4.69, 9.17) is 4.74 Å². The number of nitrogens with one attached hydrogen (secondary N) is 1. The molecule has 1 fully saturated rings. The summed E-state index contributed by atoms with van der Waals surface area (Å²) in [6.07, 6.45) is 1.89. The van der Waals surface area contributed by atoms with Crippen molar-refractivity contribution in [3.05, 3.63) is 0 Å². The number of halogens is 1. The maximum absolute atomic E-state index is 12.2. The van der Waals surface area contributed by atoms with Gasteiger partial charge in [-0.2, -0.15) is 0 Å². The van der Waals surface area contributed by atoms with Crippen LogP contribution >= 0.6 is 12.4 Å². The molecule has 1 N–H and O–H groups in total. The fourth-order valence-electron chi connectivity index (χ4n) is 2.23. The zero-order chi connectivity index (χ0) is 12.9. The molecule has 1 heterocycles. The summed E-state index contributed by atoms with van der Waals surface area (Å²) in [4.78, 5) is 0. The first-order chi connectivity index (χ1) is 8.02. The van der Waals surface area contributed by atoms with Crippen LogP contribution in [0.15, 0.2) is 0 Å².